The van der Waals surface area contributed by atoms with Gasteiger partial charge >= 0.3 is 0 Å². The minimum Gasteiger partial charge on any atom is -0.492 e. The summed E-state index contributed by atoms with van der Waals surface area (Å²) in [7, 11) is 0. The van der Waals surface area contributed by atoms with E-state index in [4.69, 9.17) is 32.0 Å². The van der Waals surface area contributed by atoms with Gasteiger partial charge in [0.05, 0.1) is 44.3 Å². The van der Waals surface area contributed by atoms with Gasteiger partial charge in [-0.2, -0.15) is 0 Å². The van der Waals surface area contributed by atoms with E-state index in [1.807, 2.05) is 0 Å². The number of ether oxygens (including phenoxy) is 3. The van der Waals surface area contributed by atoms with E-state index in [0.29, 0.717) is 22.9 Å². The number of anilines is 2. The molecule has 0 amide bonds. The van der Waals surface area contributed by atoms with E-state index in [-0.39, 0.29) is 24.4 Å². The highest BCUT2D eigenvalue weighted by Gasteiger charge is 2.13. The fourth-order valence-electron chi connectivity index (χ4n) is 3.32. The van der Waals surface area contributed by atoms with Crippen molar-refractivity contribution in [2.45, 2.75) is 25.9 Å². The highest BCUT2D eigenvalue weighted by molar-refractivity contribution is 5.63. The number of rotatable bonds is 4. The Balaban J connectivity index is 1.56. The maximum atomic E-state index is 8.71. The zero-order chi connectivity index (χ0) is 35.3. The summed E-state index contributed by atoms with van der Waals surface area (Å²) < 4.78 is 123. The summed E-state index contributed by atoms with van der Waals surface area (Å²) in [6.45, 7) is -12.7. The third kappa shape index (κ3) is 6.66. The van der Waals surface area contributed by atoms with Crippen LogP contribution in [0.4, 0.5) is 11.6 Å². The molecule has 182 valence electrons. The molecule has 3 aromatic rings. The first-order valence-corrected chi connectivity index (χ1v) is 10.9. The largest absolute Gasteiger partial charge is 0.492 e. The Morgan fingerprint density at radius 1 is 1.09 bits per heavy atom. The number of nitrogens with one attached hydrogen (secondary N) is 1. The summed E-state index contributed by atoms with van der Waals surface area (Å²) in [6.07, 6.45) is -3.23. The van der Waals surface area contributed by atoms with Gasteiger partial charge in [-0.05, 0) is 61.7 Å². The average molecular weight is 486 g/mol. The summed E-state index contributed by atoms with van der Waals surface area (Å²) in [5.41, 5.74) is 1.12. The molecule has 7 heteroatoms. The van der Waals surface area contributed by atoms with Crippen LogP contribution in [0.5, 0.6) is 5.75 Å². The minimum absolute atomic E-state index is 0.0520. The van der Waals surface area contributed by atoms with Gasteiger partial charge < -0.3 is 19.5 Å². The van der Waals surface area contributed by atoms with Gasteiger partial charge in [0, 0.05) is 35.0 Å². The first-order chi connectivity index (χ1) is 22.0. The molecule has 2 aliphatic heterocycles. The van der Waals surface area contributed by atoms with Gasteiger partial charge in [-0.3, -0.25) is 4.90 Å². The maximum Gasteiger partial charge on any atom is 0.227 e. The van der Waals surface area contributed by atoms with E-state index in [1.165, 1.54) is 23.1 Å². The highest BCUT2D eigenvalue weighted by Crippen LogP contribution is 2.26. The van der Waals surface area contributed by atoms with E-state index >= 15 is 0 Å². The quantitative estimate of drug-likeness (QED) is 0.524. The topological polar surface area (TPSA) is 68.7 Å². The molecule has 0 spiro atoms. The van der Waals surface area contributed by atoms with Crippen molar-refractivity contribution in [1.29, 1.82) is 0 Å². The highest BCUT2D eigenvalue weighted by atomic mass is 16.5. The van der Waals surface area contributed by atoms with E-state index in [2.05, 4.69) is 15.3 Å². The molecule has 1 N–H and O–H groups in total. The molecule has 5 rings (SSSR count). The number of aromatic nitrogens is 2. The molecule has 0 unspecified atom stereocenters. The molecular weight excluding hydrogens is 440 g/mol. The van der Waals surface area contributed by atoms with Crippen LogP contribution in [0.2, 0.25) is 0 Å². The smallest absolute Gasteiger partial charge is 0.227 e. The normalized spacial score (nSPS) is 30.8. The molecule has 0 atom stereocenters. The van der Waals surface area contributed by atoms with E-state index < -0.39 is 69.9 Å². The first kappa shape index (κ1) is 12.6. The fraction of sp³-hybridized carbons (Fsp3) is 0.357. The van der Waals surface area contributed by atoms with Gasteiger partial charge in [0.2, 0.25) is 5.95 Å². The van der Waals surface area contributed by atoms with Crippen LogP contribution in [0, 0.1) is 0 Å². The zero-order valence-corrected chi connectivity index (χ0v) is 18.7. The SMILES string of the molecule is [2H]c1cc2nc(n1)Nc1ccc(OC([2H])([2H])CN3CC([2H])([2H])C([2H])([2H])C3)c(c1)C([2H])([2H])OC([2H])([2H])/C=C/C([2H])([2H])OCc1cccc-2c1. The van der Waals surface area contributed by atoms with Crippen LogP contribution in [-0.2, 0) is 22.6 Å². The third-order valence-electron chi connectivity index (χ3n) is 5.02. The predicted molar refractivity (Wildman–Crippen MR) is 137 cm³/mol. The van der Waals surface area contributed by atoms with Gasteiger partial charge in [-0.1, -0.05) is 30.4 Å². The number of benzene rings is 2. The summed E-state index contributed by atoms with van der Waals surface area (Å²) >= 11 is 0. The second-order valence-corrected chi connectivity index (χ2v) is 7.55. The van der Waals surface area contributed by atoms with Crippen molar-refractivity contribution in [1.82, 2.24) is 14.9 Å². The number of nitrogens with zero attached hydrogens (tertiary/aromatic N) is 3. The van der Waals surface area contributed by atoms with Gasteiger partial charge in [-0.15, -0.1) is 0 Å². The molecular formula is C28H32N4O3. The molecule has 1 aromatic heterocycles. The molecule has 0 radical (unpaired) electrons. The Hall–Kier alpha value is -3.26. The second kappa shape index (κ2) is 11.9. The van der Waals surface area contributed by atoms with Crippen molar-refractivity contribution >= 4 is 11.6 Å². The number of hydrogen-bond acceptors (Lipinski definition) is 7. The average Bonchev–Trinajstić information content (AvgIpc) is 3.14. The number of likely N-dealkylation sites (tertiary alicyclic amines) is 1. The minimum atomic E-state index is -3.04. The fourth-order valence-corrected chi connectivity index (χ4v) is 3.32. The van der Waals surface area contributed by atoms with Crippen molar-refractivity contribution in [3.8, 4) is 17.0 Å². The first-order valence-electron chi connectivity index (χ1n) is 17.4. The Bertz CT molecular complexity index is 1690. The Morgan fingerprint density at radius 2 is 1.97 bits per heavy atom. The van der Waals surface area contributed by atoms with Crippen molar-refractivity contribution in [2.24, 2.45) is 0 Å². The molecule has 2 aromatic carbocycles. The van der Waals surface area contributed by atoms with Crippen LogP contribution in [-0.4, -0.2) is 54.2 Å². The summed E-state index contributed by atoms with van der Waals surface area (Å²) in [5, 5.41) is 2.89. The molecule has 0 aliphatic carbocycles. The van der Waals surface area contributed by atoms with Crippen LogP contribution in [0.3, 0.4) is 0 Å². The number of fused-ring (bicyclic) bond motifs is 7. The van der Waals surface area contributed by atoms with Crippen LogP contribution in [0.25, 0.3) is 11.3 Å². The molecule has 2 aliphatic rings. The lowest BCUT2D eigenvalue weighted by molar-refractivity contribution is 0.138. The van der Waals surface area contributed by atoms with Gasteiger partial charge in [0.15, 0.2) is 0 Å². The molecule has 6 bridgehead atoms. The van der Waals surface area contributed by atoms with Crippen LogP contribution in [0.1, 0.15) is 41.7 Å². The van der Waals surface area contributed by atoms with E-state index in [1.54, 1.807) is 24.3 Å². The van der Waals surface area contributed by atoms with Crippen LogP contribution in [0.15, 0.2) is 66.9 Å². The molecule has 1 fully saturated rings. The Morgan fingerprint density at radius 3 is 2.89 bits per heavy atom. The molecule has 1 saturated heterocycles. The number of hydrogen-bond donors (Lipinski definition) is 1. The van der Waals surface area contributed by atoms with Crippen molar-refractivity contribution in [3.05, 3.63) is 78.0 Å². The van der Waals surface area contributed by atoms with Gasteiger partial charge in [-0.25, -0.2) is 9.97 Å². The van der Waals surface area contributed by atoms with Crippen molar-refractivity contribution in [3.63, 3.8) is 0 Å². The molecule has 7 nitrogen and oxygen atoms in total. The predicted octanol–water partition coefficient (Wildman–Crippen LogP) is 4.96. The Kier molecular flexibility index (Phi) is 4.30. The van der Waals surface area contributed by atoms with Gasteiger partial charge in [0.25, 0.3) is 0 Å². The Labute approximate surface area is 225 Å². The van der Waals surface area contributed by atoms with Crippen molar-refractivity contribution in [2.75, 3.05) is 44.6 Å². The molecule has 0 saturated carbocycles. The van der Waals surface area contributed by atoms with Crippen LogP contribution >= 0.6 is 0 Å². The van der Waals surface area contributed by atoms with Crippen molar-refractivity contribution < 1.29 is 32.0 Å². The second-order valence-electron chi connectivity index (χ2n) is 7.55. The van der Waals surface area contributed by atoms with Gasteiger partial charge in [0.1, 0.15) is 12.3 Å². The summed E-state index contributed by atoms with van der Waals surface area (Å²) in [4.78, 5) is 9.77. The maximum absolute atomic E-state index is 8.71. The standard InChI is InChI=1S/C28H32N4O3/c1-2-13-32(12-1)14-17-35-27-9-8-25-19-24(27)21-34-16-4-3-15-33-20-22-6-5-7-23(18-22)26-10-11-29-28(30-25)31-26/h3-11,18-19H,1-2,12-17,20-21H2,(H,29,30,31)/b4-3+/i1D2,2D2,11D,15D2,16D2,17D2,21D2. The van der Waals surface area contributed by atoms with E-state index in [9.17, 15) is 0 Å². The molecule has 35 heavy (non-hydrogen) atoms. The van der Waals surface area contributed by atoms with E-state index in [0.717, 1.165) is 12.1 Å². The monoisotopic (exact) mass is 485 g/mol. The zero-order valence-electron chi connectivity index (χ0n) is 31.7. The summed E-state index contributed by atoms with van der Waals surface area (Å²) in [6, 6.07) is 12.0. The molecule has 3 heterocycles. The lowest BCUT2D eigenvalue weighted by Crippen LogP contribution is -2.25. The lowest BCUT2D eigenvalue weighted by Gasteiger charge is -2.17. The third-order valence-corrected chi connectivity index (χ3v) is 5.02. The van der Waals surface area contributed by atoms with Crippen LogP contribution < -0.4 is 10.1 Å². The lowest BCUT2D eigenvalue weighted by atomic mass is 10.1. The summed E-state index contributed by atoms with van der Waals surface area (Å²) in [5.74, 6) is -0.467.